The maximum absolute atomic E-state index is 12.2. The summed E-state index contributed by atoms with van der Waals surface area (Å²) in [7, 11) is -4.56. The number of hydrogen-bond donors (Lipinski definition) is 1. The van der Waals surface area contributed by atoms with E-state index in [0.717, 1.165) is 11.8 Å². The molecule has 6 nitrogen and oxygen atoms in total. The van der Waals surface area contributed by atoms with Gasteiger partial charge in [-0.2, -0.15) is 8.42 Å². The molecule has 2 rings (SSSR count). The summed E-state index contributed by atoms with van der Waals surface area (Å²) >= 11 is 0. The minimum absolute atomic E-state index is 0.160. The first kappa shape index (κ1) is 11.6. The average molecular weight is 327 g/mol. The van der Waals surface area contributed by atoms with Crippen molar-refractivity contribution in [3.8, 4) is 5.75 Å². The summed E-state index contributed by atoms with van der Waals surface area (Å²) in [6.07, 6.45) is 1.08. The lowest BCUT2D eigenvalue weighted by atomic mass is 10.2. The van der Waals surface area contributed by atoms with E-state index < -0.39 is 23.2 Å². The van der Waals surface area contributed by atoms with Crippen molar-refractivity contribution in [1.82, 2.24) is 4.98 Å². The van der Waals surface area contributed by atoms with Crippen LogP contribution in [0, 0.1) is 6.92 Å². The molecule has 0 aliphatic carbocycles. The predicted octanol–water partition coefficient (Wildman–Crippen LogP) is 1.67. The normalized spacial score (nSPS) is 15.4. The number of aliphatic hydroxyl groups excluding tert-OH is 1. The van der Waals surface area contributed by atoms with Crippen LogP contribution in [0.3, 0.4) is 0 Å². The predicted molar refractivity (Wildman–Crippen MR) is 80.0 cm³/mol. The van der Waals surface area contributed by atoms with Crippen molar-refractivity contribution in [2.24, 2.45) is 0 Å². The van der Waals surface area contributed by atoms with E-state index in [2.05, 4.69) is 9.17 Å². The zero-order valence-electron chi connectivity index (χ0n) is 15.7. The molecule has 1 aromatic carbocycles. The van der Waals surface area contributed by atoms with Crippen molar-refractivity contribution in [1.29, 1.82) is 0 Å². The zero-order valence-corrected chi connectivity index (χ0v) is 12.5. The molecule has 0 saturated carbocycles. The number of rotatable bonds is 7. The lowest BCUT2D eigenvalue weighted by molar-refractivity contribution is 0.220. The Labute approximate surface area is 135 Å². The highest BCUT2D eigenvalue weighted by Gasteiger charge is 2.14. The molecule has 0 saturated heterocycles. The molecule has 7 heteroatoms. The molecular formula is C15H17NO5S. The lowest BCUT2D eigenvalue weighted by Gasteiger charge is -2.08. The van der Waals surface area contributed by atoms with Crippen molar-refractivity contribution < 1.29 is 27.9 Å². The molecule has 0 fully saturated rings. The highest BCUT2D eigenvalue weighted by atomic mass is 32.2. The van der Waals surface area contributed by atoms with E-state index in [1.807, 2.05) is 0 Å². The van der Waals surface area contributed by atoms with Gasteiger partial charge < -0.3 is 9.84 Å². The first-order valence-electron chi connectivity index (χ1n) is 8.24. The molecule has 0 aliphatic heterocycles. The first-order chi connectivity index (χ1) is 12.0. The van der Waals surface area contributed by atoms with Gasteiger partial charge in [-0.1, -0.05) is 17.7 Å². The van der Waals surface area contributed by atoms with Gasteiger partial charge >= 0.3 is 0 Å². The van der Waals surface area contributed by atoms with E-state index in [1.54, 1.807) is 6.92 Å². The minimum Gasteiger partial charge on any atom is -0.490 e. The molecule has 22 heavy (non-hydrogen) atoms. The van der Waals surface area contributed by atoms with Crippen LogP contribution in [0.1, 0.15) is 16.7 Å². The molecule has 1 aromatic heterocycles. The van der Waals surface area contributed by atoms with Crippen molar-refractivity contribution in [3.05, 3.63) is 53.9 Å². The highest BCUT2D eigenvalue weighted by Crippen LogP contribution is 2.13. The number of ether oxygens (including phenoxy) is 1. The van der Waals surface area contributed by atoms with Gasteiger partial charge in [0.25, 0.3) is 10.1 Å². The second-order valence-electron chi connectivity index (χ2n) is 4.30. The van der Waals surface area contributed by atoms with Crippen LogP contribution in [0.5, 0.6) is 5.75 Å². The third-order valence-electron chi connectivity index (χ3n) is 2.63. The zero-order chi connectivity index (χ0) is 19.6. The summed E-state index contributed by atoms with van der Waals surface area (Å²) in [5.41, 5.74) is 1.10. The summed E-state index contributed by atoms with van der Waals surface area (Å²) in [5, 5.41) is 8.92. The van der Waals surface area contributed by atoms with Crippen LogP contribution in [0.2, 0.25) is 0 Å². The van der Waals surface area contributed by atoms with Gasteiger partial charge in [-0.15, -0.1) is 0 Å². The lowest BCUT2D eigenvalue weighted by Crippen LogP contribution is -2.13. The van der Waals surface area contributed by atoms with Crippen molar-refractivity contribution in [2.75, 3.05) is 13.1 Å². The van der Waals surface area contributed by atoms with Crippen molar-refractivity contribution in [3.63, 3.8) is 0 Å². The highest BCUT2D eigenvalue weighted by molar-refractivity contribution is 7.86. The maximum atomic E-state index is 12.2. The molecule has 2 aromatic rings. The minimum atomic E-state index is -4.56. The topological polar surface area (TPSA) is 85.7 Å². The Hall–Kier alpha value is -1.96. The van der Waals surface area contributed by atoms with Crippen LogP contribution in [-0.2, 0) is 20.9 Å². The molecule has 118 valence electrons. The van der Waals surface area contributed by atoms with E-state index in [1.165, 1.54) is 36.4 Å². The number of benzene rings is 1. The molecular weight excluding hydrogens is 306 g/mol. The molecule has 0 radical (unpaired) electrons. The standard InChI is InChI=1S/C15H17NO5S/c1-12-2-6-15(7-3-12)22(18,19)21-9-8-20-14-5-4-13(11-17)16-10-14/h2-7,10,17H,8-9,11H2,1H3/i8D2,9D2. The van der Waals surface area contributed by atoms with Gasteiger partial charge in [0.1, 0.15) is 18.9 Å². The number of aromatic nitrogens is 1. The molecule has 0 spiro atoms. The summed E-state index contributed by atoms with van der Waals surface area (Å²) < 4.78 is 64.7. The molecule has 1 heterocycles. The average Bonchev–Trinajstić information content (AvgIpc) is 2.54. The van der Waals surface area contributed by atoms with Crippen LogP contribution in [0.15, 0.2) is 47.5 Å². The van der Waals surface area contributed by atoms with Gasteiger partial charge in [0, 0.05) is 0 Å². The smallest absolute Gasteiger partial charge is 0.297 e. The third kappa shape index (κ3) is 4.52. The Morgan fingerprint density at radius 1 is 1.18 bits per heavy atom. The fourth-order valence-corrected chi connectivity index (χ4v) is 2.18. The van der Waals surface area contributed by atoms with Gasteiger partial charge in [0.05, 0.1) is 28.9 Å². The Balaban J connectivity index is 2.21. The first-order valence-corrected chi connectivity index (χ1v) is 7.65. The quantitative estimate of drug-likeness (QED) is 0.779. The van der Waals surface area contributed by atoms with Gasteiger partial charge in [-0.05, 0) is 31.2 Å². The third-order valence-corrected chi connectivity index (χ3v) is 3.78. The SMILES string of the molecule is [2H]C([2H])(Oc1ccc(CO)nc1)C([2H])([2H])OS(=O)(=O)c1ccc(C)cc1. The summed E-state index contributed by atoms with van der Waals surface area (Å²) in [6.45, 7) is -5.05. The Morgan fingerprint density at radius 2 is 1.91 bits per heavy atom. The van der Waals surface area contributed by atoms with E-state index >= 15 is 0 Å². The number of aryl methyl sites for hydroxylation is 1. The fraction of sp³-hybridized carbons (Fsp3) is 0.267. The van der Waals surface area contributed by atoms with Crippen LogP contribution in [0.4, 0.5) is 0 Å². The molecule has 0 unspecified atom stereocenters. The fourth-order valence-electron chi connectivity index (χ4n) is 1.47. The number of aliphatic hydroxyl groups is 1. The van der Waals surface area contributed by atoms with Gasteiger partial charge in [0.15, 0.2) is 0 Å². The number of pyridine rings is 1. The van der Waals surface area contributed by atoms with E-state index in [-0.39, 0.29) is 17.3 Å². The van der Waals surface area contributed by atoms with Crippen molar-refractivity contribution in [2.45, 2.75) is 18.4 Å². The Bertz CT molecular complexity index is 855. The van der Waals surface area contributed by atoms with Crippen LogP contribution in [0.25, 0.3) is 0 Å². The van der Waals surface area contributed by atoms with Crippen LogP contribution >= 0.6 is 0 Å². The molecule has 0 amide bonds. The summed E-state index contributed by atoms with van der Waals surface area (Å²) in [4.78, 5) is 3.46. The van der Waals surface area contributed by atoms with E-state index in [9.17, 15) is 8.42 Å². The Kier molecular flexibility index (Phi) is 3.87. The summed E-state index contributed by atoms with van der Waals surface area (Å²) in [6, 6.07) is 8.09. The van der Waals surface area contributed by atoms with Crippen molar-refractivity contribution >= 4 is 10.1 Å². The molecule has 0 aliphatic rings. The second-order valence-corrected chi connectivity index (χ2v) is 5.85. The van der Waals surface area contributed by atoms with Crippen LogP contribution in [-0.4, -0.2) is 31.6 Å². The van der Waals surface area contributed by atoms with E-state index in [4.69, 9.17) is 15.3 Å². The number of hydrogen-bond acceptors (Lipinski definition) is 6. The van der Waals surface area contributed by atoms with Gasteiger partial charge in [-0.25, -0.2) is 0 Å². The molecule has 0 bridgehead atoms. The second kappa shape index (κ2) is 7.35. The maximum Gasteiger partial charge on any atom is 0.297 e. The van der Waals surface area contributed by atoms with E-state index in [0.29, 0.717) is 5.69 Å². The van der Waals surface area contributed by atoms with Gasteiger partial charge in [-0.3, -0.25) is 9.17 Å². The largest absolute Gasteiger partial charge is 0.490 e. The molecule has 1 N–H and O–H groups in total. The monoisotopic (exact) mass is 327 g/mol. The van der Waals surface area contributed by atoms with Crippen LogP contribution < -0.4 is 4.74 Å². The Morgan fingerprint density at radius 3 is 2.50 bits per heavy atom. The number of nitrogens with zero attached hydrogens (tertiary/aromatic N) is 1. The molecule has 0 atom stereocenters. The summed E-state index contributed by atoms with van der Waals surface area (Å²) in [5.74, 6) is -0.160. The van der Waals surface area contributed by atoms with Gasteiger partial charge in [0.2, 0.25) is 0 Å².